The van der Waals surface area contributed by atoms with Crippen LogP contribution in [0, 0.1) is 0 Å². The lowest BCUT2D eigenvalue weighted by Crippen LogP contribution is -2.71. The Kier molecular flexibility index (Phi) is 6.73. The van der Waals surface area contributed by atoms with Gasteiger partial charge in [-0.3, -0.25) is 19.6 Å². The van der Waals surface area contributed by atoms with E-state index in [9.17, 15) is 19.5 Å². The molecule has 2 aliphatic heterocycles. The molecule has 2 atom stereocenters. The number of carboxylic acid groups (broad SMARTS) is 1. The summed E-state index contributed by atoms with van der Waals surface area (Å²) < 4.78 is 1.79. The molecule has 0 saturated carbocycles. The fourth-order valence-electron chi connectivity index (χ4n) is 4.18. The number of aliphatic carboxylic acids is 1. The summed E-state index contributed by atoms with van der Waals surface area (Å²) in [5.41, 5.74) is 13.2. The summed E-state index contributed by atoms with van der Waals surface area (Å²) in [5.74, 6) is -2.09. The van der Waals surface area contributed by atoms with Crippen molar-refractivity contribution in [1.29, 1.82) is 0 Å². The van der Waals surface area contributed by atoms with E-state index in [0.29, 0.717) is 22.8 Å². The smallest absolute Gasteiger partial charge is 0.276 e. The van der Waals surface area contributed by atoms with E-state index in [0.717, 1.165) is 21.8 Å². The highest BCUT2D eigenvalue weighted by molar-refractivity contribution is 8.00. The van der Waals surface area contributed by atoms with Crippen LogP contribution in [-0.2, 0) is 25.8 Å². The summed E-state index contributed by atoms with van der Waals surface area (Å²) >= 11 is 2.45. The van der Waals surface area contributed by atoms with Crippen LogP contribution < -0.4 is 26.5 Å². The lowest BCUT2D eigenvalue weighted by atomic mass is 10.0. The Hall–Kier alpha value is -4.44. The number of rotatable bonds is 8. The predicted molar refractivity (Wildman–Crippen MR) is 136 cm³/mol. The molecule has 1 fully saturated rings. The van der Waals surface area contributed by atoms with Gasteiger partial charge in [-0.25, -0.2) is 9.55 Å². The Morgan fingerprint density at radius 1 is 1.42 bits per heavy atom. The summed E-state index contributed by atoms with van der Waals surface area (Å²) in [6, 6.07) is 4.38. The second-order valence-corrected chi connectivity index (χ2v) is 10.3. The minimum atomic E-state index is -1.47. The van der Waals surface area contributed by atoms with Gasteiger partial charge in [-0.05, 0) is 6.07 Å². The van der Waals surface area contributed by atoms with Gasteiger partial charge in [0.15, 0.2) is 29.8 Å². The number of carbonyl (C=O) groups excluding carboxylic acids is 3. The summed E-state index contributed by atoms with van der Waals surface area (Å²) in [7, 11) is 1.27. The van der Waals surface area contributed by atoms with Crippen LogP contribution in [0.5, 0.6) is 0 Å². The molecule has 0 radical (unpaired) electrons. The maximum Gasteiger partial charge on any atom is 0.276 e. The first-order chi connectivity index (χ1) is 18.3. The average Bonchev–Trinajstić information content (AvgIpc) is 3.53. The topological polar surface area (TPSA) is 209 Å². The third kappa shape index (κ3) is 4.66. The van der Waals surface area contributed by atoms with Crippen molar-refractivity contribution in [2.75, 3.05) is 24.3 Å². The molecule has 0 aliphatic carbocycles. The van der Waals surface area contributed by atoms with Crippen molar-refractivity contribution in [3.63, 3.8) is 0 Å². The van der Waals surface area contributed by atoms with Gasteiger partial charge in [-0.15, -0.1) is 23.1 Å². The van der Waals surface area contributed by atoms with Crippen LogP contribution in [0.1, 0.15) is 5.69 Å². The predicted octanol–water partition coefficient (Wildman–Crippen LogP) is -1.56. The molecule has 38 heavy (non-hydrogen) atoms. The number of nitrogens with two attached hydrogens (primary N) is 2. The molecule has 2 amide bonds. The maximum absolute atomic E-state index is 13.0. The van der Waals surface area contributed by atoms with Gasteiger partial charge in [0, 0.05) is 28.8 Å². The number of anilines is 2. The SMILES string of the molecule is CO/N=C(/C(=O)N[C@@H]1C(=O)N2C(C(=O)[O-])=C(C[n+]3cccc(-c4cc(N)n[nH]4)c3)CS[C@H]12)c1csc(N)n1. The van der Waals surface area contributed by atoms with Crippen LogP contribution in [0.3, 0.4) is 0 Å². The van der Waals surface area contributed by atoms with Crippen LogP contribution in [-0.4, -0.2) is 67.9 Å². The zero-order valence-corrected chi connectivity index (χ0v) is 21.4. The number of hydrogen-bond acceptors (Lipinski definition) is 12. The van der Waals surface area contributed by atoms with Crippen molar-refractivity contribution < 1.29 is 28.9 Å². The highest BCUT2D eigenvalue weighted by atomic mass is 32.2. The van der Waals surface area contributed by atoms with Gasteiger partial charge in [0.25, 0.3) is 11.8 Å². The number of carboxylic acids is 1. The molecular formula is C22H21N9O5S2. The Labute approximate surface area is 223 Å². The molecule has 0 bridgehead atoms. The van der Waals surface area contributed by atoms with E-state index in [4.69, 9.17) is 16.3 Å². The fraction of sp³-hybridized carbons (Fsp3) is 0.227. The fourth-order valence-corrected chi connectivity index (χ4v) is 6.06. The number of H-pyrrole nitrogens is 1. The molecule has 3 aromatic heterocycles. The Morgan fingerprint density at radius 3 is 2.89 bits per heavy atom. The van der Waals surface area contributed by atoms with Gasteiger partial charge in [0.2, 0.25) is 0 Å². The first-order valence-corrected chi connectivity index (χ1v) is 13.0. The molecule has 2 aliphatic rings. The van der Waals surface area contributed by atoms with E-state index >= 15 is 0 Å². The van der Waals surface area contributed by atoms with E-state index in [1.165, 1.54) is 24.3 Å². The quantitative estimate of drug-likeness (QED) is 0.109. The molecule has 16 heteroatoms. The second kappa shape index (κ2) is 10.1. The van der Waals surface area contributed by atoms with Crippen molar-refractivity contribution in [2.24, 2.45) is 5.16 Å². The number of β-lactam (4-membered cyclic amide) rings is 1. The molecule has 6 N–H and O–H groups in total. The van der Waals surface area contributed by atoms with Gasteiger partial charge in [-0.1, -0.05) is 5.16 Å². The number of carbonyl (C=O) groups is 3. The number of fused-ring (bicyclic) bond motifs is 1. The van der Waals surface area contributed by atoms with Crippen LogP contribution in [0.15, 0.2) is 52.4 Å². The number of oxime groups is 1. The zero-order chi connectivity index (χ0) is 27.0. The molecule has 0 aromatic carbocycles. The molecule has 0 spiro atoms. The van der Waals surface area contributed by atoms with E-state index in [1.54, 1.807) is 22.9 Å². The molecule has 3 aromatic rings. The number of aromatic nitrogens is 4. The van der Waals surface area contributed by atoms with Crippen LogP contribution in [0.4, 0.5) is 10.9 Å². The third-order valence-corrected chi connectivity index (χ3v) is 7.84. The number of pyridine rings is 1. The Bertz CT molecular complexity index is 1500. The van der Waals surface area contributed by atoms with Crippen molar-refractivity contribution >= 4 is 57.5 Å². The minimum absolute atomic E-state index is 0.154. The second-order valence-electron chi connectivity index (χ2n) is 8.27. The molecule has 5 heterocycles. The summed E-state index contributed by atoms with van der Waals surface area (Å²) in [5, 5.41) is 26.4. The van der Waals surface area contributed by atoms with Crippen molar-refractivity contribution in [3.05, 3.63) is 52.9 Å². The molecule has 14 nitrogen and oxygen atoms in total. The average molecular weight is 556 g/mol. The Balaban J connectivity index is 1.35. The highest BCUT2D eigenvalue weighted by Gasteiger charge is 2.53. The number of hydrogen-bond donors (Lipinski definition) is 4. The van der Waals surface area contributed by atoms with E-state index in [2.05, 4.69) is 25.7 Å². The van der Waals surface area contributed by atoms with Gasteiger partial charge >= 0.3 is 0 Å². The molecule has 1 saturated heterocycles. The number of nitrogens with zero attached hydrogens (tertiary/aromatic N) is 5. The summed E-state index contributed by atoms with van der Waals surface area (Å²) in [6.07, 6.45) is 3.59. The number of thioether (sulfide) groups is 1. The lowest BCUT2D eigenvalue weighted by Gasteiger charge is -2.50. The zero-order valence-electron chi connectivity index (χ0n) is 19.8. The molecule has 5 rings (SSSR count). The largest absolute Gasteiger partial charge is 0.543 e. The number of nitrogen functional groups attached to an aromatic ring is 2. The number of amides is 2. The van der Waals surface area contributed by atoms with Gasteiger partial charge in [-0.2, -0.15) is 5.10 Å². The lowest BCUT2D eigenvalue weighted by molar-refractivity contribution is -0.688. The van der Waals surface area contributed by atoms with Crippen molar-refractivity contribution in [1.82, 2.24) is 25.4 Å². The first kappa shape index (κ1) is 25.2. The number of aromatic amines is 1. The highest BCUT2D eigenvalue weighted by Crippen LogP contribution is 2.40. The van der Waals surface area contributed by atoms with Crippen molar-refractivity contribution in [2.45, 2.75) is 18.0 Å². The maximum atomic E-state index is 13.0. The van der Waals surface area contributed by atoms with Gasteiger partial charge < -0.3 is 31.5 Å². The van der Waals surface area contributed by atoms with E-state index < -0.39 is 29.2 Å². The van der Waals surface area contributed by atoms with Crippen LogP contribution >= 0.6 is 23.1 Å². The number of nitrogens with one attached hydrogen (secondary N) is 2. The number of thiazole rings is 1. The van der Waals surface area contributed by atoms with E-state index in [-0.39, 0.29) is 28.8 Å². The molecule has 0 unspecified atom stereocenters. The summed E-state index contributed by atoms with van der Waals surface area (Å²) in [4.78, 5) is 48.0. The standard InChI is InChI=1S/C22H21N9O5S2/c1-36-29-15(13-9-38-22(24)25-13)18(32)26-16-19(33)31-17(21(34)35)11(8-37-20(16)31)7-30-4-2-3-10(6-30)12-5-14(23)28-27-12/h2-6,9,16,20H,7-8H2,1H3,(H6-,23,24,25,26,27,28,29,32,34,35)/t16-,20-/m1/s1. The monoisotopic (exact) mass is 555 g/mol. The van der Waals surface area contributed by atoms with E-state index in [1.807, 2.05) is 12.3 Å². The minimum Gasteiger partial charge on any atom is -0.543 e. The third-order valence-electron chi connectivity index (χ3n) is 5.83. The van der Waals surface area contributed by atoms with Crippen LogP contribution in [0.25, 0.3) is 11.3 Å². The normalized spacial score (nSPS) is 19.1. The van der Waals surface area contributed by atoms with Crippen molar-refractivity contribution in [3.8, 4) is 11.3 Å². The van der Waals surface area contributed by atoms with Crippen LogP contribution in [0.2, 0.25) is 0 Å². The first-order valence-electron chi connectivity index (χ1n) is 11.1. The van der Waals surface area contributed by atoms with Gasteiger partial charge in [0.1, 0.15) is 30.0 Å². The van der Waals surface area contributed by atoms with Gasteiger partial charge in [0.05, 0.1) is 22.9 Å². The molecule has 196 valence electrons. The molecular weight excluding hydrogens is 534 g/mol. The Morgan fingerprint density at radius 2 is 2.24 bits per heavy atom. The summed E-state index contributed by atoms with van der Waals surface area (Å²) in [6.45, 7) is 0.206.